The van der Waals surface area contributed by atoms with Gasteiger partial charge < -0.3 is 14.5 Å². The Hall–Kier alpha value is -1.84. The van der Waals surface area contributed by atoms with Gasteiger partial charge in [-0.1, -0.05) is 88.5 Å². The molecular weight excluding hydrogens is 474 g/mol. The summed E-state index contributed by atoms with van der Waals surface area (Å²) in [5.41, 5.74) is 0. The predicted octanol–water partition coefficient (Wildman–Crippen LogP) is 9.69. The number of allylic oxidation sites excluding steroid dienone is 1. The maximum Gasteiger partial charge on any atom is 0.253 e. The molecule has 0 amide bonds. The van der Waals surface area contributed by atoms with Crippen molar-refractivity contribution in [3.63, 3.8) is 0 Å². The van der Waals surface area contributed by atoms with Crippen molar-refractivity contribution in [2.45, 2.75) is 83.1 Å². The van der Waals surface area contributed by atoms with Crippen molar-refractivity contribution in [1.82, 2.24) is 18.0 Å². The van der Waals surface area contributed by atoms with Crippen molar-refractivity contribution in [2.24, 2.45) is 0 Å². The number of rotatable bonds is 8. The molecule has 0 aliphatic heterocycles. The van der Waals surface area contributed by atoms with Crippen molar-refractivity contribution in [3.8, 4) is 0 Å². The lowest BCUT2D eigenvalue weighted by Gasteiger charge is -2.29. The molecule has 2 heterocycles. The van der Waals surface area contributed by atoms with Crippen LogP contribution < -0.4 is 0 Å². The van der Waals surface area contributed by atoms with Gasteiger partial charge in [0.2, 0.25) is 8.45 Å². The molecule has 2 aromatic heterocycles. The van der Waals surface area contributed by atoms with Crippen LogP contribution in [-0.4, -0.2) is 34.3 Å². The molecule has 2 N–H and O–H groups in total. The van der Waals surface area contributed by atoms with Gasteiger partial charge in [-0.2, -0.15) is 0 Å². The second-order valence-electron chi connectivity index (χ2n) is 4.65. The molecular formula is C27H56N4O2P2. The Morgan fingerprint density at radius 3 is 1.26 bits per heavy atom. The van der Waals surface area contributed by atoms with Crippen molar-refractivity contribution < 1.29 is 9.79 Å². The smallest absolute Gasteiger partial charge is 0.253 e. The average molecular weight is 531 g/mol. The fourth-order valence-corrected chi connectivity index (χ4v) is 3.91. The van der Waals surface area contributed by atoms with Crippen molar-refractivity contribution in [2.75, 3.05) is 6.54 Å². The molecule has 8 heteroatoms. The van der Waals surface area contributed by atoms with Crippen LogP contribution in [0.15, 0.2) is 86.9 Å². The maximum absolute atomic E-state index is 9.82. The van der Waals surface area contributed by atoms with Crippen molar-refractivity contribution in [3.05, 3.63) is 86.9 Å². The summed E-state index contributed by atoms with van der Waals surface area (Å²) in [7, 11) is -2.63. The van der Waals surface area contributed by atoms with Gasteiger partial charge in [-0.15, -0.1) is 0 Å². The van der Waals surface area contributed by atoms with Crippen LogP contribution in [0.1, 0.15) is 83.1 Å². The average Bonchev–Trinajstić information content (AvgIpc) is 3.69. The van der Waals surface area contributed by atoms with Gasteiger partial charge in [0, 0.05) is 49.9 Å². The van der Waals surface area contributed by atoms with Gasteiger partial charge in [0.15, 0.2) is 0 Å². The molecule has 0 saturated heterocycles. The van der Waals surface area contributed by atoms with Crippen LogP contribution in [0.3, 0.4) is 0 Å². The zero-order valence-electron chi connectivity index (χ0n) is 24.6. The van der Waals surface area contributed by atoms with E-state index in [4.69, 9.17) is 0 Å². The van der Waals surface area contributed by atoms with E-state index in [1.54, 1.807) is 25.7 Å². The molecule has 6 nitrogen and oxygen atoms in total. The largest absolute Gasteiger partial charge is 0.338 e. The van der Waals surface area contributed by atoms with Crippen LogP contribution >= 0.6 is 16.9 Å². The molecule has 2 aromatic rings. The molecule has 0 spiro atoms. The molecule has 35 heavy (non-hydrogen) atoms. The van der Waals surface area contributed by atoms with E-state index >= 15 is 0 Å². The Morgan fingerprint density at radius 2 is 1.03 bits per heavy atom. The molecule has 1 atom stereocenters. The Kier molecular flexibility index (Phi) is 45.4. The molecule has 0 aliphatic rings. The standard InChI is InChI=1S/C9H17N2OP.C8H9N2OP.5C2H6/c1-5-9-11(8-4)13(12)10(6-2)7-3;11-12(9-5-1-2-6-9)10-7-3-4-8-10;5*1-2/h5-7,9,12H,2-3,8H2,1,4H3;1-8,11H;5*1-2H3/b9-5-;;;;;;. The van der Waals surface area contributed by atoms with Crippen LogP contribution in [0.4, 0.5) is 0 Å². The van der Waals surface area contributed by atoms with Crippen molar-refractivity contribution in [1.29, 1.82) is 0 Å². The SMILES string of the molecule is C=CN(C=C)P(O)N(/C=C\C)CC.CC.CC.CC.CC.CC.OP(n1cccc1)n1cccc1. The summed E-state index contributed by atoms with van der Waals surface area (Å²) < 4.78 is 7.00. The van der Waals surface area contributed by atoms with Gasteiger partial charge in [-0.25, -0.2) is 0 Å². The second-order valence-corrected chi connectivity index (χ2v) is 7.62. The molecule has 0 saturated carbocycles. The Balaban J connectivity index is -0.000000126. The molecule has 2 rings (SSSR count). The zero-order valence-corrected chi connectivity index (χ0v) is 26.4. The van der Waals surface area contributed by atoms with Crippen LogP contribution in [0.5, 0.6) is 0 Å². The third-order valence-corrected chi connectivity index (χ3v) is 6.02. The minimum Gasteiger partial charge on any atom is -0.338 e. The highest BCUT2D eigenvalue weighted by molar-refractivity contribution is 7.48. The maximum atomic E-state index is 9.82. The Labute approximate surface area is 221 Å². The molecule has 0 bridgehead atoms. The van der Waals surface area contributed by atoms with Gasteiger partial charge in [-0.05, 0) is 38.1 Å². The molecule has 0 fully saturated rings. The molecule has 1 unspecified atom stereocenters. The summed E-state index contributed by atoms with van der Waals surface area (Å²) in [4.78, 5) is 19.6. The van der Waals surface area contributed by atoms with Gasteiger partial charge in [-0.3, -0.25) is 13.3 Å². The van der Waals surface area contributed by atoms with E-state index in [9.17, 15) is 9.79 Å². The molecule has 0 aromatic carbocycles. The number of aromatic nitrogens is 2. The first-order valence-corrected chi connectivity index (χ1v) is 15.2. The Morgan fingerprint density at radius 1 is 0.714 bits per heavy atom. The monoisotopic (exact) mass is 530 g/mol. The first kappa shape index (κ1) is 43.2. The first-order valence-electron chi connectivity index (χ1n) is 12.8. The third-order valence-electron chi connectivity index (χ3n) is 3.05. The molecule has 0 radical (unpaired) electrons. The number of hydrogen-bond donors (Lipinski definition) is 2. The van der Waals surface area contributed by atoms with Crippen LogP contribution in [-0.2, 0) is 0 Å². The number of nitrogens with zero attached hydrogens (tertiary/aromatic N) is 4. The quantitative estimate of drug-likeness (QED) is 0.334. The Bertz CT molecular complexity index is 591. The van der Waals surface area contributed by atoms with E-state index in [1.165, 1.54) is 0 Å². The zero-order chi connectivity index (χ0) is 28.7. The minimum atomic E-state index is -1.37. The topological polar surface area (TPSA) is 56.8 Å². The summed E-state index contributed by atoms with van der Waals surface area (Å²) >= 11 is 0. The van der Waals surface area contributed by atoms with Crippen LogP contribution in [0, 0.1) is 0 Å². The summed E-state index contributed by atoms with van der Waals surface area (Å²) in [6.45, 7) is 31.8. The second kappa shape index (κ2) is 36.7. The minimum absolute atomic E-state index is 0.755. The van der Waals surface area contributed by atoms with Crippen LogP contribution in [0.2, 0.25) is 0 Å². The summed E-state index contributed by atoms with van der Waals surface area (Å²) in [6, 6.07) is 7.59. The summed E-state index contributed by atoms with van der Waals surface area (Å²) in [5.74, 6) is 0. The lowest BCUT2D eigenvalue weighted by atomic mass is 10.6. The van der Waals surface area contributed by atoms with E-state index in [0.29, 0.717) is 0 Å². The van der Waals surface area contributed by atoms with E-state index in [0.717, 1.165) is 6.54 Å². The van der Waals surface area contributed by atoms with E-state index in [2.05, 4.69) is 13.2 Å². The van der Waals surface area contributed by atoms with Gasteiger partial charge in [0.25, 0.3) is 8.45 Å². The molecule has 206 valence electrons. The van der Waals surface area contributed by atoms with E-state index in [-0.39, 0.29) is 0 Å². The number of hydrogen-bond acceptors (Lipinski definition) is 4. The first-order chi connectivity index (χ1) is 17.1. The fraction of sp³-hybridized carbons (Fsp3) is 0.481. The summed E-state index contributed by atoms with van der Waals surface area (Å²) in [6.07, 6.45) is 14.3. The van der Waals surface area contributed by atoms with Crippen molar-refractivity contribution >= 4 is 16.9 Å². The van der Waals surface area contributed by atoms with Crippen LogP contribution in [0.25, 0.3) is 0 Å². The highest BCUT2D eigenvalue weighted by Crippen LogP contribution is 2.40. The van der Waals surface area contributed by atoms with Gasteiger partial charge in [0.1, 0.15) is 0 Å². The highest BCUT2D eigenvalue weighted by atomic mass is 31.2. The third kappa shape index (κ3) is 21.2. The summed E-state index contributed by atoms with van der Waals surface area (Å²) in [5, 5.41) is 0. The van der Waals surface area contributed by atoms with E-state index < -0.39 is 16.9 Å². The van der Waals surface area contributed by atoms with Gasteiger partial charge >= 0.3 is 0 Å². The molecule has 0 aliphatic carbocycles. The van der Waals surface area contributed by atoms with Gasteiger partial charge in [0.05, 0.1) is 0 Å². The predicted molar refractivity (Wildman–Crippen MR) is 164 cm³/mol. The highest BCUT2D eigenvalue weighted by Gasteiger charge is 2.14. The lowest BCUT2D eigenvalue weighted by molar-refractivity contribution is 0.469. The normalized spacial score (nSPS) is 9.23. The lowest BCUT2D eigenvalue weighted by Crippen LogP contribution is -2.17. The van der Waals surface area contributed by atoms with E-state index in [1.807, 2.05) is 149 Å². The fourth-order valence-electron chi connectivity index (χ4n) is 1.83.